The summed E-state index contributed by atoms with van der Waals surface area (Å²) in [4.78, 5) is 3.97. The van der Waals surface area contributed by atoms with Crippen LogP contribution in [-0.2, 0) is 6.42 Å². The Labute approximate surface area is 101 Å². The third-order valence-electron chi connectivity index (χ3n) is 3.21. The smallest absolute Gasteiger partial charge is 0.0621 e. The van der Waals surface area contributed by atoms with Gasteiger partial charge in [0.2, 0.25) is 0 Å². The third-order valence-corrected chi connectivity index (χ3v) is 4.10. The summed E-state index contributed by atoms with van der Waals surface area (Å²) in [5.41, 5.74) is 1.11. The Kier molecular flexibility index (Phi) is 3.53. The lowest BCUT2D eigenvalue weighted by Crippen LogP contribution is -2.16. The molecule has 0 aromatic carbocycles. The van der Waals surface area contributed by atoms with Crippen molar-refractivity contribution in [1.29, 1.82) is 0 Å². The molecule has 0 saturated heterocycles. The number of aromatic nitrogens is 1. The molecule has 0 spiro atoms. The van der Waals surface area contributed by atoms with Gasteiger partial charge < -0.3 is 0 Å². The van der Waals surface area contributed by atoms with E-state index in [9.17, 15) is 0 Å². The first-order valence-corrected chi connectivity index (χ1v) is 6.22. The molecule has 1 saturated carbocycles. The van der Waals surface area contributed by atoms with Crippen LogP contribution in [0.5, 0.6) is 0 Å². The molecule has 2 rings (SSSR count). The summed E-state index contributed by atoms with van der Waals surface area (Å²) in [7, 11) is 0. The number of pyridine rings is 1. The predicted octanol–water partition coefficient (Wildman–Crippen LogP) is 3.93. The van der Waals surface area contributed by atoms with Gasteiger partial charge in [0.1, 0.15) is 0 Å². The van der Waals surface area contributed by atoms with E-state index in [0.717, 1.165) is 22.9 Å². The Morgan fingerprint density at radius 3 is 2.87 bits per heavy atom. The molecule has 1 aliphatic carbocycles. The number of hydrogen-bond acceptors (Lipinski definition) is 1. The van der Waals surface area contributed by atoms with Crippen LogP contribution in [0.3, 0.4) is 0 Å². The SMILES string of the molecule is CC(C(Cl)Cc1ccncc1Cl)C1CC1. The van der Waals surface area contributed by atoms with E-state index in [1.807, 2.05) is 6.07 Å². The summed E-state index contributed by atoms with van der Waals surface area (Å²) in [6.45, 7) is 2.24. The molecule has 1 heterocycles. The van der Waals surface area contributed by atoms with Crippen LogP contribution in [0, 0.1) is 11.8 Å². The maximum absolute atomic E-state index is 6.39. The molecule has 0 radical (unpaired) electrons. The van der Waals surface area contributed by atoms with Crippen LogP contribution in [0.25, 0.3) is 0 Å². The maximum Gasteiger partial charge on any atom is 0.0621 e. The molecule has 1 aromatic rings. The van der Waals surface area contributed by atoms with Crippen LogP contribution in [-0.4, -0.2) is 10.4 Å². The minimum absolute atomic E-state index is 0.192. The monoisotopic (exact) mass is 243 g/mol. The molecule has 82 valence electrons. The highest BCUT2D eigenvalue weighted by molar-refractivity contribution is 6.31. The molecule has 0 bridgehead atoms. The van der Waals surface area contributed by atoms with Crippen molar-refractivity contribution < 1.29 is 0 Å². The molecular formula is C12H15Cl2N. The standard InChI is InChI=1S/C12H15Cl2N/c1-8(9-2-3-9)11(13)6-10-4-5-15-7-12(10)14/h4-5,7-9,11H,2-3,6H2,1H3. The van der Waals surface area contributed by atoms with E-state index in [1.54, 1.807) is 12.4 Å². The minimum atomic E-state index is 0.192. The quantitative estimate of drug-likeness (QED) is 0.731. The van der Waals surface area contributed by atoms with E-state index in [0.29, 0.717) is 5.92 Å². The summed E-state index contributed by atoms with van der Waals surface area (Å²) < 4.78 is 0. The lowest BCUT2D eigenvalue weighted by molar-refractivity contribution is 0.478. The van der Waals surface area contributed by atoms with E-state index in [4.69, 9.17) is 23.2 Å². The zero-order chi connectivity index (χ0) is 10.8. The second-order valence-corrected chi connectivity index (χ2v) is 5.35. The van der Waals surface area contributed by atoms with Crippen molar-refractivity contribution in [2.45, 2.75) is 31.6 Å². The molecule has 15 heavy (non-hydrogen) atoms. The Balaban J connectivity index is 1.98. The molecule has 1 nitrogen and oxygen atoms in total. The molecule has 2 atom stereocenters. The molecule has 3 heteroatoms. The van der Waals surface area contributed by atoms with E-state index >= 15 is 0 Å². The van der Waals surface area contributed by atoms with Crippen molar-refractivity contribution in [3.63, 3.8) is 0 Å². The fourth-order valence-electron chi connectivity index (χ4n) is 1.88. The molecule has 0 aliphatic heterocycles. The average molecular weight is 244 g/mol. The fourth-order valence-corrected chi connectivity index (χ4v) is 2.45. The number of alkyl halides is 1. The highest BCUT2D eigenvalue weighted by Gasteiger charge is 2.32. The van der Waals surface area contributed by atoms with Crippen LogP contribution in [0.2, 0.25) is 5.02 Å². The lowest BCUT2D eigenvalue weighted by Gasteiger charge is -2.17. The maximum atomic E-state index is 6.39. The van der Waals surface area contributed by atoms with E-state index in [1.165, 1.54) is 12.8 Å². The van der Waals surface area contributed by atoms with Gasteiger partial charge in [-0.2, -0.15) is 0 Å². The predicted molar refractivity (Wildman–Crippen MR) is 64.5 cm³/mol. The van der Waals surface area contributed by atoms with Crippen molar-refractivity contribution in [2.75, 3.05) is 0 Å². The van der Waals surface area contributed by atoms with Gasteiger partial charge in [0.25, 0.3) is 0 Å². The van der Waals surface area contributed by atoms with Crippen molar-refractivity contribution in [1.82, 2.24) is 4.98 Å². The van der Waals surface area contributed by atoms with Crippen LogP contribution < -0.4 is 0 Å². The highest BCUT2D eigenvalue weighted by Crippen LogP contribution is 2.40. The first kappa shape index (κ1) is 11.2. The molecule has 0 amide bonds. The fraction of sp³-hybridized carbons (Fsp3) is 0.583. The van der Waals surface area contributed by atoms with Gasteiger partial charge >= 0.3 is 0 Å². The lowest BCUT2D eigenvalue weighted by atomic mass is 9.97. The first-order chi connectivity index (χ1) is 7.18. The van der Waals surface area contributed by atoms with Crippen LogP contribution in [0.15, 0.2) is 18.5 Å². The van der Waals surface area contributed by atoms with Gasteiger partial charge in [0, 0.05) is 17.8 Å². The molecule has 2 unspecified atom stereocenters. The topological polar surface area (TPSA) is 12.9 Å². The van der Waals surface area contributed by atoms with Gasteiger partial charge in [-0.15, -0.1) is 11.6 Å². The summed E-state index contributed by atoms with van der Waals surface area (Å²) in [6.07, 6.45) is 6.98. The summed E-state index contributed by atoms with van der Waals surface area (Å²) in [5, 5.41) is 0.920. The zero-order valence-electron chi connectivity index (χ0n) is 8.79. The first-order valence-electron chi connectivity index (χ1n) is 5.41. The van der Waals surface area contributed by atoms with Crippen molar-refractivity contribution in [3.8, 4) is 0 Å². The third kappa shape index (κ3) is 2.85. The van der Waals surface area contributed by atoms with Gasteiger partial charge in [-0.1, -0.05) is 18.5 Å². The Morgan fingerprint density at radius 2 is 2.27 bits per heavy atom. The summed E-state index contributed by atoms with van der Waals surface area (Å²) in [6, 6.07) is 1.96. The van der Waals surface area contributed by atoms with Crippen molar-refractivity contribution in [2.24, 2.45) is 11.8 Å². The molecule has 1 aromatic heterocycles. The number of nitrogens with zero attached hydrogens (tertiary/aromatic N) is 1. The minimum Gasteiger partial charge on any atom is -0.263 e. The largest absolute Gasteiger partial charge is 0.263 e. The second kappa shape index (κ2) is 4.71. The highest BCUT2D eigenvalue weighted by atomic mass is 35.5. The second-order valence-electron chi connectivity index (χ2n) is 4.38. The number of rotatable bonds is 4. The van der Waals surface area contributed by atoms with Gasteiger partial charge in [-0.05, 0) is 42.7 Å². The van der Waals surface area contributed by atoms with E-state index in [2.05, 4.69) is 11.9 Å². The Hall–Kier alpha value is -0.270. The normalized spacial score (nSPS) is 19.9. The Bertz CT molecular complexity index is 336. The van der Waals surface area contributed by atoms with Gasteiger partial charge in [-0.3, -0.25) is 4.98 Å². The van der Waals surface area contributed by atoms with E-state index in [-0.39, 0.29) is 5.38 Å². The summed E-state index contributed by atoms with van der Waals surface area (Å²) in [5.74, 6) is 1.43. The molecule has 1 fully saturated rings. The average Bonchev–Trinajstić information content (AvgIpc) is 3.04. The van der Waals surface area contributed by atoms with Gasteiger partial charge in [0.05, 0.1) is 5.02 Å². The molecular weight excluding hydrogens is 229 g/mol. The number of halogens is 2. The van der Waals surface area contributed by atoms with E-state index < -0.39 is 0 Å². The van der Waals surface area contributed by atoms with Gasteiger partial charge in [-0.25, -0.2) is 0 Å². The van der Waals surface area contributed by atoms with Crippen LogP contribution in [0.1, 0.15) is 25.3 Å². The summed E-state index contributed by atoms with van der Waals surface area (Å²) >= 11 is 12.4. The van der Waals surface area contributed by atoms with Crippen LogP contribution >= 0.6 is 23.2 Å². The Morgan fingerprint density at radius 1 is 1.53 bits per heavy atom. The van der Waals surface area contributed by atoms with Crippen molar-refractivity contribution in [3.05, 3.63) is 29.0 Å². The van der Waals surface area contributed by atoms with Crippen LogP contribution in [0.4, 0.5) is 0 Å². The van der Waals surface area contributed by atoms with Gasteiger partial charge in [0.15, 0.2) is 0 Å². The zero-order valence-corrected chi connectivity index (χ0v) is 10.3. The number of hydrogen-bond donors (Lipinski definition) is 0. The van der Waals surface area contributed by atoms with Crippen molar-refractivity contribution >= 4 is 23.2 Å². The molecule has 1 aliphatic rings. The molecule has 0 N–H and O–H groups in total.